The van der Waals surface area contributed by atoms with Crippen molar-refractivity contribution in [3.8, 4) is 0 Å². The van der Waals surface area contributed by atoms with Gasteiger partial charge in [0.05, 0.1) is 5.92 Å². The summed E-state index contributed by atoms with van der Waals surface area (Å²) >= 11 is 0. The lowest BCUT2D eigenvalue weighted by molar-refractivity contribution is -0.109. The van der Waals surface area contributed by atoms with Gasteiger partial charge < -0.3 is 4.79 Å². The minimum absolute atomic E-state index is 0.0648. The van der Waals surface area contributed by atoms with Gasteiger partial charge in [0.25, 0.3) is 0 Å². The average Bonchev–Trinajstić information content (AvgIpc) is 2.14. The van der Waals surface area contributed by atoms with Crippen molar-refractivity contribution in [1.29, 1.82) is 0 Å². The summed E-state index contributed by atoms with van der Waals surface area (Å²) in [5, 5.41) is 0. The van der Waals surface area contributed by atoms with Gasteiger partial charge in [-0.25, -0.2) is 0 Å². The Morgan fingerprint density at radius 3 is 2.75 bits per heavy atom. The number of rotatable bonds is 1. The Morgan fingerprint density at radius 2 is 2.50 bits per heavy atom. The largest absolute Gasteiger partial charge is 0.302 e. The molecule has 0 spiro atoms. The minimum Gasteiger partial charge on any atom is -0.302 e. The van der Waals surface area contributed by atoms with Crippen LogP contribution < -0.4 is 0 Å². The first-order valence-corrected chi connectivity index (χ1v) is 2.65. The summed E-state index contributed by atoms with van der Waals surface area (Å²) in [4.78, 5) is 10.1. The van der Waals surface area contributed by atoms with Crippen molar-refractivity contribution in [3.05, 3.63) is 23.8 Å². The molecule has 0 fully saturated rings. The van der Waals surface area contributed by atoms with E-state index in [2.05, 4.69) is 0 Å². The number of hydrogen-bond donors (Lipinski definition) is 0. The highest BCUT2D eigenvalue weighted by Crippen LogP contribution is 2.14. The van der Waals surface area contributed by atoms with Crippen molar-refractivity contribution in [2.24, 2.45) is 5.92 Å². The predicted octanol–water partition coefficient (Wildman–Crippen LogP) is 1.32. The highest BCUT2D eigenvalue weighted by molar-refractivity contribution is 5.63. The molecule has 8 heavy (non-hydrogen) atoms. The number of aldehydes is 1. The first-order valence-electron chi connectivity index (χ1n) is 2.65. The highest BCUT2D eigenvalue weighted by Gasteiger charge is 2.06. The van der Waals surface area contributed by atoms with E-state index in [1.807, 2.05) is 25.2 Å². The van der Waals surface area contributed by atoms with Crippen LogP contribution in [0.5, 0.6) is 0 Å². The Hall–Kier alpha value is -0.850. The van der Waals surface area contributed by atoms with E-state index in [9.17, 15) is 4.79 Å². The quantitative estimate of drug-likeness (QED) is 0.463. The summed E-state index contributed by atoms with van der Waals surface area (Å²) < 4.78 is 0. The molecule has 42 valence electrons. The molecule has 1 heteroatoms. The zero-order chi connectivity index (χ0) is 5.98. The lowest BCUT2D eigenvalue weighted by Gasteiger charge is -1.95. The molecule has 0 amide bonds. The van der Waals surface area contributed by atoms with Crippen molar-refractivity contribution >= 4 is 6.29 Å². The van der Waals surface area contributed by atoms with Crippen LogP contribution in [0.3, 0.4) is 0 Å². The van der Waals surface area contributed by atoms with Gasteiger partial charge in [0.2, 0.25) is 0 Å². The van der Waals surface area contributed by atoms with Crippen LogP contribution in [0.15, 0.2) is 23.8 Å². The van der Waals surface area contributed by atoms with Gasteiger partial charge in [0.1, 0.15) is 6.29 Å². The Morgan fingerprint density at radius 1 is 1.75 bits per heavy atom. The summed E-state index contributed by atoms with van der Waals surface area (Å²) in [6, 6.07) is 0. The van der Waals surface area contributed by atoms with Crippen LogP contribution in [0.25, 0.3) is 0 Å². The Bertz CT molecular complexity index is 154. The summed E-state index contributed by atoms with van der Waals surface area (Å²) in [7, 11) is 0. The van der Waals surface area contributed by atoms with Gasteiger partial charge in [0, 0.05) is 0 Å². The van der Waals surface area contributed by atoms with Crippen LogP contribution in [0.1, 0.15) is 6.92 Å². The van der Waals surface area contributed by atoms with Gasteiger partial charge >= 0.3 is 0 Å². The second-order valence-corrected chi connectivity index (χ2v) is 1.96. The highest BCUT2D eigenvalue weighted by atomic mass is 16.1. The van der Waals surface area contributed by atoms with Crippen molar-refractivity contribution in [2.45, 2.75) is 6.92 Å². The van der Waals surface area contributed by atoms with Crippen molar-refractivity contribution in [3.63, 3.8) is 0 Å². The van der Waals surface area contributed by atoms with Crippen molar-refractivity contribution in [2.75, 3.05) is 0 Å². The predicted molar refractivity (Wildman–Crippen MR) is 32.5 cm³/mol. The fourth-order valence-electron chi connectivity index (χ4n) is 0.743. The molecular formula is C7H8O. The fraction of sp³-hybridized carbons (Fsp3) is 0.286. The van der Waals surface area contributed by atoms with Gasteiger partial charge in [-0.15, -0.1) is 0 Å². The molecule has 0 unspecified atom stereocenters. The normalized spacial score (nSPS) is 25.6. The average molecular weight is 108 g/mol. The van der Waals surface area contributed by atoms with E-state index in [-0.39, 0.29) is 5.92 Å². The van der Waals surface area contributed by atoms with Crippen molar-refractivity contribution < 1.29 is 4.79 Å². The molecule has 0 aromatic rings. The van der Waals surface area contributed by atoms with Crippen LogP contribution in [0.2, 0.25) is 0 Å². The van der Waals surface area contributed by atoms with E-state index < -0.39 is 0 Å². The van der Waals surface area contributed by atoms with Gasteiger partial charge in [-0.05, 0) is 6.92 Å². The topological polar surface area (TPSA) is 17.1 Å². The number of carbonyl (C=O) groups excluding carboxylic acids is 1. The first kappa shape index (κ1) is 5.29. The Labute approximate surface area is 48.7 Å². The smallest absolute Gasteiger partial charge is 0.130 e. The second-order valence-electron chi connectivity index (χ2n) is 1.96. The van der Waals surface area contributed by atoms with E-state index in [0.29, 0.717) is 0 Å². The molecule has 1 atom stereocenters. The molecule has 0 bridgehead atoms. The molecule has 0 saturated heterocycles. The third kappa shape index (κ3) is 0.713. The molecule has 0 N–H and O–H groups in total. The monoisotopic (exact) mass is 108 g/mol. The lowest BCUT2D eigenvalue weighted by Crippen LogP contribution is -1.94. The molecule has 1 nitrogen and oxygen atoms in total. The van der Waals surface area contributed by atoms with E-state index in [1.54, 1.807) is 0 Å². The molecular weight excluding hydrogens is 100 g/mol. The SMILES string of the molecule is CC1=CC=C[C@@H]1C=O. The maximum Gasteiger partial charge on any atom is 0.130 e. The van der Waals surface area contributed by atoms with Crippen LogP contribution in [-0.4, -0.2) is 6.29 Å². The minimum atomic E-state index is 0.0648. The van der Waals surface area contributed by atoms with Gasteiger partial charge in [-0.2, -0.15) is 0 Å². The van der Waals surface area contributed by atoms with Gasteiger partial charge in [0.15, 0.2) is 0 Å². The molecule has 0 aromatic heterocycles. The van der Waals surface area contributed by atoms with Crippen LogP contribution in [0.4, 0.5) is 0 Å². The van der Waals surface area contributed by atoms with E-state index in [0.717, 1.165) is 11.9 Å². The van der Waals surface area contributed by atoms with E-state index >= 15 is 0 Å². The lowest BCUT2D eigenvalue weighted by atomic mass is 10.1. The first-order chi connectivity index (χ1) is 3.84. The molecule has 0 saturated carbocycles. The molecule has 1 aliphatic carbocycles. The molecule has 0 radical (unpaired) electrons. The van der Waals surface area contributed by atoms with Crippen LogP contribution in [0, 0.1) is 5.92 Å². The molecule has 0 aromatic carbocycles. The third-order valence-electron chi connectivity index (χ3n) is 1.35. The molecule has 1 aliphatic rings. The Kier molecular flexibility index (Phi) is 1.29. The maximum absolute atomic E-state index is 10.1. The summed E-state index contributed by atoms with van der Waals surface area (Å²) in [6.07, 6.45) is 6.71. The number of allylic oxidation sites excluding steroid dienone is 4. The molecule has 0 heterocycles. The Balaban J connectivity index is 2.71. The van der Waals surface area contributed by atoms with E-state index in [1.165, 1.54) is 0 Å². The number of carbonyl (C=O) groups is 1. The maximum atomic E-state index is 10.1. The van der Waals surface area contributed by atoms with Gasteiger partial charge in [-0.3, -0.25) is 0 Å². The summed E-state index contributed by atoms with van der Waals surface area (Å²) in [5.41, 5.74) is 1.14. The van der Waals surface area contributed by atoms with Crippen LogP contribution >= 0.6 is 0 Å². The zero-order valence-corrected chi connectivity index (χ0v) is 4.79. The molecule has 0 aliphatic heterocycles. The fourth-order valence-corrected chi connectivity index (χ4v) is 0.743. The van der Waals surface area contributed by atoms with E-state index in [4.69, 9.17) is 0 Å². The summed E-state index contributed by atoms with van der Waals surface area (Å²) in [5.74, 6) is 0.0648. The molecule has 1 rings (SSSR count). The van der Waals surface area contributed by atoms with Crippen LogP contribution in [-0.2, 0) is 4.79 Å². The standard InChI is InChI=1S/C7H8O/c1-6-3-2-4-7(6)5-8/h2-5,7H,1H3/t7-/m1/s1. The third-order valence-corrected chi connectivity index (χ3v) is 1.35. The zero-order valence-electron chi connectivity index (χ0n) is 4.79. The summed E-state index contributed by atoms with van der Waals surface area (Å²) in [6.45, 7) is 1.96. The van der Waals surface area contributed by atoms with Gasteiger partial charge in [-0.1, -0.05) is 23.8 Å². The number of hydrogen-bond acceptors (Lipinski definition) is 1. The second kappa shape index (κ2) is 1.95. The van der Waals surface area contributed by atoms with Crippen molar-refractivity contribution in [1.82, 2.24) is 0 Å².